The van der Waals surface area contributed by atoms with E-state index in [1.165, 1.54) is 32.1 Å². The summed E-state index contributed by atoms with van der Waals surface area (Å²) >= 11 is 0. The largest absolute Gasteiger partial charge is 0.493 e. The van der Waals surface area contributed by atoms with Crippen molar-refractivity contribution in [3.63, 3.8) is 0 Å². The molecule has 1 aliphatic heterocycles. The Labute approximate surface area is 144 Å². The summed E-state index contributed by atoms with van der Waals surface area (Å²) in [5.41, 5.74) is 0.849. The van der Waals surface area contributed by atoms with Gasteiger partial charge in [-0.1, -0.05) is 19.3 Å². The average molecular weight is 339 g/mol. The Kier molecular flexibility index (Phi) is 7.18. The SMILES string of the molecule is Cl.O=C(Nc1ccc(OCC2CCCCC2)cc1)C1CCNC1. The highest BCUT2D eigenvalue weighted by atomic mass is 35.5. The normalized spacial score (nSPS) is 21.5. The van der Waals surface area contributed by atoms with Crippen LogP contribution in [0.2, 0.25) is 0 Å². The molecule has 5 heteroatoms. The molecule has 1 aromatic carbocycles. The van der Waals surface area contributed by atoms with E-state index in [9.17, 15) is 4.79 Å². The van der Waals surface area contributed by atoms with Crippen LogP contribution in [0.25, 0.3) is 0 Å². The van der Waals surface area contributed by atoms with E-state index >= 15 is 0 Å². The third kappa shape index (κ3) is 5.40. The fourth-order valence-electron chi connectivity index (χ4n) is 3.33. The predicted molar refractivity (Wildman–Crippen MR) is 95.4 cm³/mol. The van der Waals surface area contributed by atoms with Gasteiger partial charge in [0.2, 0.25) is 5.91 Å². The molecule has 3 rings (SSSR count). The lowest BCUT2D eigenvalue weighted by molar-refractivity contribution is -0.119. The molecule has 1 amide bonds. The van der Waals surface area contributed by atoms with Crippen molar-refractivity contribution in [3.05, 3.63) is 24.3 Å². The van der Waals surface area contributed by atoms with E-state index in [1.807, 2.05) is 24.3 Å². The van der Waals surface area contributed by atoms with Gasteiger partial charge in [-0.05, 0) is 56.0 Å². The molecular formula is C18H27ClN2O2. The average Bonchev–Trinajstić information content (AvgIpc) is 3.10. The van der Waals surface area contributed by atoms with Crippen molar-refractivity contribution in [1.29, 1.82) is 0 Å². The minimum Gasteiger partial charge on any atom is -0.493 e. The van der Waals surface area contributed by atoms with Crippen LogP contribution in [0, 0.1) is 11.8 Å². The van der Waals surface area contributed by atoms with Gasteiger partial charge in [0.25, 0.3) is 0 Å². The van der Waals surface area contributed by atoms with E-state index in [0.29, 0.717) is 5.92 Å². The second kappa shape index (κ2) is 9.14. The van der Waals surface area contributed by atoms with Crippen molar-refractivity contribution in [2.45, 2.75) is 38.5 Å². The summed E-state index contributed by atoms with van der Waals surface area (Å²) in [7, 11) is 0. The number of amides is 1. The predicted octanol–water partition coefficient (Wildman–Crippen LogP) is 3.62. The van der Waals surface area contributed by atoms with Gasteiger partial charge in [0.1, 0.15) is 5.75 Å². The number of carbonyl (C=O) groups is 1. The standard InChI is InChI=1S/C18H26N2O2.ClH/c21-18(15-10-11-19-12-15)20-16-6-8-17(9-7-16)22-13-14-4-2-1-3-5-14;/h6-9,14-15,19H,1-5,10-13H2,(H,20,21);1H. The van der Waals surface area contributed by atoms with Gasteiger partial charge in [0.05, 0.1) is 12.5 Å². The van der Waals surface area contributed by atoms with E-state index in [1.54, 1.807) is 0 Å². The lowest BCUT2D eigenvalue weighted by Crippen LogP contribution is -2.24. The van der Waals surface area contributed by atoms with Crippen LogP contribution >= 0.6 is 12.4 Å². The van der Waals surface area contributed by atoms with Crippen LogP contribution in [-0.2, 0) is 4.79 Å². The summed E-state index contributed by atoms with van der Waals surface area (Å²) in [5.74, 6) is 1.82. The number of halogens is 1. The monoisotopic (exact) mass is 338 g/mol. The first-order valence-corrected chi connectivity index (χ1v) is 8.56. The van der Waals surface area contributed by atoms with Crippen molar-refractivity contribution < 1.29 is 9.53 Å². The van der Waals surface area contributed by atoms with Crippen molar-refractivity contribution in [3.8, 4) is 5.75 Å². The molecule has 1 aliphatic carbocycles. The fourth-order valence-corrected chi connectivity index (χ4v) is 3.33. The summed E-state index contributed by atoms with van der Waals surface area (Å²) < 4.78 is 5.88. The Hall–Kier alpha value is -1.26. The zero-order chi connectivity index (χ0) is 15.2. The van der Waals surface area contributed by atoms with Crippen molar-refractivity contribution in [1.82, 2.24) is 5.32 Å². The van der Waals surface area contributed by atoms with Crippen LogP contribution in [-0.4, -0.2) is 25.6 Å². The van der Waals surface area contributed by atoms with Gasteiger partial charge in [-0.2, -0.15) is 0 Å². The van der Waals surface area contributed by atoms with Crippen LogP contribution < -0.4 is 15.4 Å². The Balaban J connectivity index is 0.00000192. The maximum absolute atomic E-state index is 12.0. The Morgan fingerprint density at radius 2 is 1.87 bits per heavy atom. The molecule has 1 aromatic rings. The highest BCUT2D eigenvalue weighted by molar-refractivity contribution is 5.92. The minimum atomic E-state index is 0. The molecule has 2 N–H and O–H groups in total. The lowest BCUT2D eigenvalue weighted by Gasteiger charge is -2.21. The first-order chi connectivity index (χ1) is 10.8. The molecule has 0 radical (unpaired) electrons. The molecule has 0 spiro atoms. The number of nitrogens with one attached hydrogen (secondary N) is 2. The van der Waals surface area contributed by atoms with E-state index in [2.05, 4.69) is 10.6 Å². The number of benzene rings is 1. The van der Waals surface area contributed by atoms with E-state index in [0.717, 1.165) is 37.6 Å². The molecule has 1 heterocycles. The van der Waals surface area contributed by atoms with E-state index in [4.69, 9.17) is 4.74 Å². The second-order valence-electron chi connectivity index (χ2n) is 6.52. The minimum absolute atomic E-state index is 0. The van der Waals surface area contributed by atoms with Crippen LogP contribution in [0.15, 0.2) is 24.3 Å². The Morgan fingerprint density at radius 1 is 1.13 bits per heavy atom. The van der Waals surface area contributed by atoms with Gasteiger partial charge >= 0.3 is 0 Å². The summed E-state index contributed by atoms with van der Waals surface area (Å²) in [6, 6.07) is 7.75. The van der Waals surface area contributed by atoms with Crippen LogP contribution in [0.5, 0.6) is 5.75 Å². The molecule has 1 saturated heterocycles. The molecule has 4 nitrogen and oxygen atoms in total. The van der Waals surface area contributed by atoms with Gasteiger partial charge in [-0.3, -0.25) is 4.79 Å². The Bertz CT molecular complexity index is 480. The molecule has 1 unspecified atom stereocenters. The number of hydrogen-bond donors (Lipinski definition) is 2. The van der Waals surface area contributed by atoms with Crippen LogP contribution in [0.3, 0.4) is 0 Å². The number of ether oxygens (including phenoxy) is 1. The summed E-state index contributed by atoms with van der Waals surface area (Å²) in [6.45, 7) is 2.54. The van der Waals surface area contributed by atoms with Gasteiger partial charge in [-0.15, -0.1) is 12.4 Å². The van der Waals surface area contributed by atoms with Gasteiger partial charge < -0.3 is 15.4 Å². The third-order valence-electron chi connectivity index (χ3n) is 4.76. The van der Waals surface area contributed by atoms with Gasteiger partial charge in [0.15, 0.2) is 0 Å². The molecule has 2 fully saturated rings. The first kappa shape index (κ1) is 18.1. The fraction of sp³-hybridized carbons (Fsp3) is 0.611. The summed E-state index contributed by atoms with van der Waals surface area (Å²) in [5, 5.41) is 6.20. The quantitative estimate of drug-likeness (QED) is 0.862. The molecule has 1 atom stereocenters. The number of hydrogen-bond acceptors (Lipinski definition) is 3. The molecule has 0 aromatic heterocycles. The molecule has 1 saturated carbocycles. The number of rotatable bonds is 5. The van der Waals surface area contributed by atoms with Gasteiger partial charge in [0, 0.05) is 12.2 Å². The van der Waals surface area contributed by atoms with Crippen molar-refractivity contribution in [2.75, 3.05) is 25.0 Å². The topological polar surface area (TPSA) is 50.4 Å². The summed E-state index contributed by atoms with van der Waals surface area (Å²) in [6.07, 6.45) is 7.58. The maximum Gasteiger partial charge on any atom is 0.228 e. The number of anilines is 1. The van der Waals surface area contributed by atoms with E-state index < -0.39 is 0 Å². The highest BCUT2D eigenvalue weighted by Gasteiger charge is 2.22. The first-order valence-electron chi connectivity index (χ1n) is 8.56. The smallest absolute Gasteiger partial charge is 0.228 e. The third-order valence-corrected chi connectivity index (χ3v) is 4.76. The highest BCUT2D eigenvalue weighted by Crippen LogP contribution is 2.25. The zero-order valence-electron chi connectivity index (χ0n) is 13.6. The molecule has 2 aliphatic rings. The van der Waals surface area contributed by atoms with Gasteiger partial charge in [-0.25, -0.2) is 0 Å². The Morgan fingerprint density at radius 3 is 2.52 bits per heavy atom. The molecule has 23 heavy (non-hydrogen) atoms. The maximum atomic E-state index is 12.0. The number of carbonyl (C=O) groups excluding carboxylic acids is 1. The second-order valence-corrected chi connectivity index (χ2v) is 6.52. The molecular weight excluding hydrogens is 312 g/mol. The van der Waals surface area contributed by atoms with Crippen molar-refractivity contribution >= 4 is 24.0 Å². The summed E-state index contributed by atoms with van der Waals surface area (Å²) in [4.78, 5) is 12.0. The van der Waals surface area contributed by atoms with Crippen LogP contribution in [0.4, 0.5) is 5.69 Å². The zero-order valence-corrected chi connectivity index (χ0v) is 14.4. The van der Waals surface area contributed by atoms with E-state index in [-0.39, 0.29) is 24.2 Å². The van der Waals surface area contributed by atoms with Crippen LogP contribution in [0.1, 0.15) is 38.5 Å². The van der Waals surface area contributed by atoms with Crippen molar-refractivity contribution in [2.24, 2.45) is 11.8 Å². The lowest BCUT2D eigenvalue weighted by atomic mass is 9.90. The molecule has 0 bridgehead atoms. The molecule has 128 valence electrons.